The largest absolute Gasteiger partial charge is 0.378 e. The molecular weight excluding hydrogens is 427 g/mol. The molecule has 1 aliphatic heterocycles. The molecule has 1 fully saturated rings. The number of nitro groups is 1. The monoisotopic (exact) mass is 446 g/mol. The average molecular weight is 446 g/mol. The molecule has 0 bridgehead atoms. The van der Waals surface area contributed by atoms with Gasteiger partial charge in [-0.05, 0) is 30.3 Å². The molecule has 1 aliphatic rings. The standard InChI is InChI=1S/C23H19FN6O3/c24-18-4-2-1-3-16(18)19-11-15(5-6-25-19)28-23-17-12-22(30(31)32)21(13-20(17)26-14-27-23)29-7-9-33-10-8-29/h1-6,11-14H,7-10H2,(H,25,26,27,28). The van der Waals surface area contributed by atoms with Crippen molar-refractivity contribution in [1.82, 2.24) is 15.0 Å². The Labute approximate surface area is 188 Å². The quantitative estimate of drug-likeness (QED) is 0.357. The van der Waals surface area contributed by atoms with Crippen LogP contribution >= 0.6 is 0 Å². The molecule has 9 nitrogen and oxygen atoms in total. The number of hydrogen-bond donors (Lipinski definition) is 1. The zero-order valence-electron chi connectivity index (χ0n) is 17.4. The van der Waals surface area contributed by atoms with E-state index in [-0.39, 0.29) is 11.5 Å². The molecule has 0 spiro atoms. The first kappa shape index (κ1) is 20.7. The molecule has 0 aliphatic carbocycles. The Kier molecular flexibility index (Phi) is 5.49. The van der Waals surface area contributed by atoms with Crippen molar-refractivity contribution < 1.29 is 14.1 Å². The van der Waals surface area contributed by atoms with Crippen LogP contribution in [0.1, 0.15) is 0 Å². The van der Waals surface area contributed by atoms with E-state index in [1.54, 1.807) is 42.6 Å². The lowest BCUT2D eigenvalue weighted by atomic mass is 10.1. The minimum absolute atomic E-state index is 0.0241. The maximum atomic E-state index is 14.2. The topological polar surface area (TPSA) is 106 Å². The Morgan fingerprint density at radius 3 is 2.67 bits per heavy atom. The molecule has 33 heavy (non-hydrogen) atoms. The molecule has 0 unspecified atom stereocenters. The van der Waals surface area contributed by atoms with Crippen LogP contribution in [-0.4, -0.2) is 46.2 Å². The van der Waals surface area contributed by atoms with Gasteiger partial charge < -0.3 is 15.0 Å². The summed E-state index contributed by atoms with van der Waals surface area (Å²) in [5.41, 5.74) is 2.50. The van der Waals surface area contributed by atoms with Crippen molar-refractivity contribution in [2.24, 2.45) is 0 Å². The fourth-order valence-corrected chi connectivity index (χ4v) is 3.85. The van der Waals surface area contributed by atoms with Crippen molar-refractivity contribution in [3.05, 3.63) is 77.0 Å². The fraction of sp³-hybridized carbons (Fsp3) is 0.174. The van der Waals surface area contributed by atoms with E-state index >= 15 is 0 Å². The highest BCUT2D eigenvalue weighted by molar-refractivity contribution is 5.96. The summed E-state index contributed by atoms with van der Waals surface area (Å²) < 4.78 is 19.6. The van der Waals surface area contributed by atoms with Gasteiger partial charge in [0.1, 0.15) is 23.6 Å². The number of rotatable bonds is 5. The van der Waals surface area contributed by atoms with Crippen LogP contribution in [0, 0.1) is 15.9 Å². The molecule has 0 amide bonds. The van der Waals surface area contributed by atoms with Crippen LogP contribution in [0.3, 0.4) is 0 Å². The number of nitrogens with one attached hydrogen (secondary N) is 1. The number of pyridine rings is 1. The predicted molar refractivity (Wildman–Crippen MR) is 122 cm³/mol. The molecule has 0 atom stereocenters. The molecule has 0 radical (unpaired) electrons. The lowest BCUT2D eigenvalue weighted by molar-refractivity contribution is -0.384. The van der Waals surface area contributed by atoms with Gasteiger partial charge in [0.2, 0.25) is 0 Å². The van der Waals surface area contributed by atoms with Crippen LogP contribution < -0.4 is 10.2 Å². The first-order valence-corrected chi connectivity index (χ1v) is 10.3. The smallest absolute Gasteiger partial charge is 0.293 e. The Hall–Kier alpha value is -4.18. The summed E-state index contributed by atoms with van der Waals surface area (Å²) in [6, 6.07) is 13.0. The Morgan fingerprint density at radius 2 is 1.88 bits per heavy atom. The van der Waals surface area contributed by atoms with Crippen molar-refractivity contribution >= 4 is 33.8 Å². The molecule has 0 saturated carbocycles. The number of nitrogens with zero attached hydrogens (tertiary/aromatic N) is 5. The average Bonchev–Trinajstić information content (AvgIpc) is 2.84. The molecule has 2 aromatic heterocycles. The first-order valence-electron chi connectivity index (χ1n) is 10.3. The normalized spacial score (nSPS) is 13.8. The molecule has 10 heteroatoms. The van der Waals surface area contributed by atoms with Gasteiger partial charge in [0.25, 0.3) is 5.69 Å². The second kappa shape index (κ2) is 8.75. The fourth-order valence-electron chi connectivity index (χ4n) is 3.85. The van der Waals surface area contributed by atoms with Gasteiger partial charge in [0.05, 0.1) is 29.3 Å². The van der Waals surface area contributed by atoms with Gasteiger partial charge in [0, 0.05) is 42.0 Å². The van der Waals surface area contributed by atoms with Crippen LogP contribution in [0.5, 0.6) is 0 Å². The number of morpholine rings is 1. The van der Waals surface area contributed by atoms with E-state index in [2.05, 4.69) is 20.3 Å². The molecule has 4 aromatic rings. The van der Waals surface area contributed by atoms with Crippen LogP contribution in [-0.2, 0) is 4.74 Å². The summed E-state index contributed by atoms with van der Waals surface area (Å²) in [5, 5.41) is 15.5. The van der Waals surface area contributed by atoms with E-state index in [0.29, 0.717) is 65.7 Å². The lowest BCUT2D eigenvalue weighted by Gasteiger charge is -2.28. The van der Waals surface area contributed by atoms with E-state index < -0.39 is 4.92 Å². The van der Waals surface area contributed by atoms with Gasteiger partial charge >= 0.3 is 0 Å². The van der Waals surface area contributed by atoms with Gasteiger partial charge in [-0.1, -0.05) is 12.1 Å². The highest BCUT2D eigenvalue weighted by atomic mass is 19.1. The number of halogens is 1. The van der Waals surface area contributed by atoms with Crippen molar-refractivity contribution in [3.8, 4) is 11.3 Å². The first-order chi connectivity index (χ1) is 16.1. The highest BCUT2D eigenvalue weighted by Gasteiger charge is 2.24. The van der Waals surface area contributed by atoms with Gasteiger partial charge in [-0.25, -0.2) is 14.4 Å². The zero-order valence-corrected chi connectivity index (χ0v) is 17.4. The van der Waals surface area contributed by atoms with Crippen molar-refractivity contribution in [2.75, 3.05) is 36.5 Å². The lowest BCUT2D eigenvalue weighted by Crippen LogP contribution is -2.36. The number of anilines is 3. The Bertz CT molecular complexity index is 1340. The molecule has 166 valence electrons. The van der Waals surface area contributed by atoms with Crippen molar-refractivity contribution in [2.45, 2.75) is 0 Å². The van der Waals surface area contributed by atoms with Gasteiger partial charge in [-0.2, -0.15) is 0 Å². The van der Waals surface area contributed by atoms with Crippen LogP contribution in [0.15, 0.2) is 61.1 Å². The number of hydrogen-bond acceptors (Lipinski definition) is 8. The number of ether oxygens (including phenoxy) is 1. The number of benzene rings is 2. The number of fused-ring (bicyclic) bond motifs is 1. The van der Waals surface area contributed by atoms with E-state index in [4.69, 9.17) is 4.74 Å². The van der Waals surface area contributed by atoms with Crippen LogP contribution in [0.2, 0.25) is 0 Å². The molecular formula is C23H19FN6O3. The summed E-state index contributed by atoms with van der Waals surface area (Å²) in [6.45, 7) is 2.16. The van der Waals surface area contributed by atoms with Crippen molar-refractivity contribution in [1.29, 1.82) is 0 Å². The summed E-state index contributed by atoms with van der Waals surface area (Å²) in [6.07, 6.45) is 2.96. The zero-order chi connectivity index (χ0) is 22.8. The van der Waals surface area contributed by atoms with Gasteiger partial charge in [-0.15, -0.1) is 0 Å². The van der Waals surface area contributed by atoms with E-state index in [0.717, 1.165) is 0 Å². The molecule has 3 heterocycles. The maximum Gasteiger partial charge on any atom is 0.293 e. The minimum Gasteiger partial charge on any atom is -0.378 e. The minimum atomic E-state index is -0.399. The van der Waals surface area contributed by atoms with Crippen LogP contribution in [0.25, 0.3) is 22.2 Å². The maximum absolute atomic E-state index is 14.2. The second-order valence-electron chi connectivity index (χ2n) is 7.47. The van der Waals surface area contributed by atoms with Crippen molar-refractivity contribution in [3.63, 3.8) is 0 Å². The summed E-state index contributed by atoms with van der Waals surface area (Å²) in [5.74, 6) is 0.0308. The molecule has 1 N–H and O–H groups in total. The third-order valence-corrected chi connectivity index (χ3v) is 5.45. The van der Waals surface area contributed by atoms with Gasteiger partial charge in [-0.3, -0.25) is 15.1 Å². The molecule has 2 aromatic carbocycles. The molecule has 1 saturated heterocycles. The highest BCUT2D eigenvalue weighted by Crippen LogP contribution is 2.36. The van der Waals surface area contributed by atoms with E-state index in [1.807, 2.05) is 4.90 Å². The Morgan fingerprint density at radius 1 is 1.06 bits per heavy atom. The Balaban J connectivity index is 1.54. The third-order valence-electron chi connectivity index (χ3n) is 5.45. The summed E-state index contributed by atoms with van der Waals surface area (Å²) in [4.78, 5) is 26.3. The SMILES string of the molecule is O=[N+]([O-])c1cc2c(Nc3ccnc(-c4ccccc4F)c3)ncnc2cc1N1CCOCC1. The number of aromatic nitrogens is 3. The predicted octanol–water partition coefficient (Wildman–Crippen LogP) is 4.32. The molecule has 5 rings (SSSR count). The van der Waals surface area contributed by atoms with E-state index in [9.17, 15) is 14.5 Å². The van der Waals surface area contributed by atoms with Crippen LogP contribution in [0.4, 0.5) is 27.3 Å². The van der Waals surface area contributed by atoms with Gasteiger partial charge in [0.15, 0.2) is 0 Å². The third kappa shape index (κ3) is 4.15. The summed E-state index contributed by atoms with van der Waals surface area (Å²) in [7, 11) is 0. The van der Waals surface area contributed by atoms with E-state index in [1.165, 1.54) is 18.5 Å². The second-order valence-corrected chi connectivity index (χ2v) is 7.47. The summed E-state index contributed by atoms with van der Waals surface area (Å²) >= 11 is 0. The number of nitro benzene ring substituents is 1.